The number of rotatable bonds is 5. The summed E-state index contributed by atoms with van der Waals surface area (Å²) in [5, 5.41) is 12.1. The van der Waals surface area contributed by atoms with Crippen molar-refractivity contribution in [1.29, 1.82) is 0 Å². The van der Waals surface area contributed by atoms with Gasteiger partial charge in [-0.3, -0.25) is 4.79 Å². The van der Waals surface area contributed by atoms with Crippen LogP contribution >= 0.6 is 11.8 Å². The molecule has 2 atom stereocenters. The number of benzene rings is 3. The minimum atomic E-state index is -0.463. The van der Waals surface area contributed by atoms with E-state index in [2.05, 4.69) is 27.0 Å². The Labute approximate surface area is 202 Å². The van der Waals surface area contributed by atoms with E-state index >= 15 is 0 Å². The summed E-state index contributed by atoms with van der Waals surface area (Å²) < 4.78 is 7.19. The van der Waals surface area contributed by atoms with Crippen LogP contribution < -0.4 is 15.5 Å². The second-order valence-corrected chi connectivity index (χ2v) is 9.34. The van der Waals surface area contributed by atoms with Gasteiger partial charge in [-0.2, -0.15) is 0 Å². The Balaban J connectivity index is 1.51. The molecule has 7 nitrogen and oxygen atoms in total. The van der Waals surface area contributed by atoms with Crippen LogP contribution in [0.25, 0.3) is 11.4 Å². The Hall–Kier alpha value is -3.78. The predicted molar refractivity (Wildman–Crippen MR) is 135 cm³/mol. The van der Waals surface area contributed by atoms with E-state index in [1.54, 1.807) is 7.11 Å². The molecule has 2 heterocycles. The Kier molecular flexibility index (Phi) is 5.98. The third-order valence-electron chi connectivity index (χ3n) is 5.84. The van der Waals surface area contributed by atoms with Gasteiger partial charge in [0, 0.05) is 11.3 Å². The lowest BCUT2D eigenvalue weighted by atomic mass is 10.0. The first kappa shape index (κ1) is 22.0. The second kappa shape index (κ2) is 9.23. The molecule has 8 heteroatoms. The Morgan fingerprint density at radius 3 is 2.50 bits per heavy atom. The molecule has 34 heavy (non-hydrogen) atoms. The van der Waals surface area contributed by atoms with Crippen molar-refractivity contribution in [3.05, 3.63) is 89.5 Å². The van der Waals surface area contributed by atoms with Gasteiger partial charge in [-0.1, -0.05) is 71.9 Å². The second-order valence-electron chi connectivity index (χ2n) is 8.23. The Bertz CT molecular complexity index is 1320. The van der Waals surface area contributed by atoms with Crippen molar-refractivity contribution in [3.63, 3.8) is 0 Å². The molecule has 1 aliphatic rings. The fourth-order valence-corrected chi connectivity index (χ4v) is 5.13. The average Bonchev–Trinajstić information content (AvgIpc) is 3.28. The highest BCUT2D eigenvalue weighted by Gasteiger charge is 2.38. The molecule has 1 amide bonds. The van der Waals surface area contributed by atoms with Crippen molar-refractivity contribution in [2.75, 3.05) is 17.9 Å². The molecule has 2 N–H and O–H groups in total. The molecule has 0 radical (unpaired) electrons. The maximum absolute atomic E-state index is 13.5. The van der Waals surface area contributed by atoms with Crippen molar-refractivity contribution in [1.82, 2.24) is 14.9 Å². The average molecular weight is 472 g/mol. The van der Waals surface area contributed by atoms with Gasteiger partial charge in [-0.05, 0) is 43.2 Å². The zero-order chi connectivity index (χ0) is 23.7. The highest BCUT2D eigenvalue weighted by Crippen LogP contribution is 2.39. The number of aryl methyl sites for hydroxylation is 2. The van der Waals surface area contributed by atoms with Crippen LogP contribution in [0, 0.1) is 13.8 Å². The molecule has 0 saturated heterocycles. The number of aromatic nitrogens is 3. The van der Waals surface area contributed by atoms with Crippen molar-refractivity contribution >= 4 is 23.4 Å². The van der Waals surface area contributed by atoms with Gasteiger partial charge in [0.2, 0.25) is 11.1 Å². The third-order valence-corrected chi connectivity index (χ3v) is 7.06. The van der Waals surface area contributed by atoms with Crippen molar-refractivity contribution in [3.8, 4) is 17.1 Å². The van der Waals surface area contributed by atoms with Crippen LogP contribution in [0.15, 0.2) is 78.0 Å². The summed E-state index contributed by atoms with van der Waals surface area (Å²) >= 11 is 1.41. The zero-order valence-electron chi connectivity index (χ0n) is 19.1. The summed E-state index contributed by atoms with van der Waals surface area (Å²) in [5.74, 6) is 1.37. The van der Waals surface area contributed by atoms with Gasteiger partial charge < -0.3 is 15.5 Å². The molecule has 4 aromatic rings. The maximum Gasteiger partial charge on any atom is 0.240 e. The number of nitrogens with zero attached hydrogens (tertiary/aromatic N) is 3. The first-order chi connectivity index (χ1) is 16.5. The topological polar surface area (TPSA) is 81.1 Å². The lowest BCUT2D eigenvalue weighted by Gasteiger charge is -2.33. The number of amides is 1. The first-order valence-corrected chi connectivity index (χ1v) is 11.9. The summed E-state index contributed by atoms with van der Waals surface area (Å²) in [5.41, 5.74) is 8.41. The SMILES string of the molecule is COc1ccc(C2Nn3c(nnc3-c3ccccc3)SC2C(=O)Nc2ccc(C)cc2C)cc1. The highest BCUT2D eigenvalue weighted by molar-refractivity contribution is 8.00. The van der Waals surface area contributed by atoms with Gasteiger partial charge in [0.05, 0.1) is 13.2 Å². The number of ether oxygens (including phenoxy) is 1. The van der Waals surface area contributed by atoms with E-state index in [4.69, 9.17) is 4.74 Å². The Morgan fingerprint density at radius 2 is 1.79 bits per heavy atom. The van der Waals surface area contributed by atoms with E-state index in [9.17, 15) is 4.79 Å². The smallest absolute Gasteiger partial charge is 0.240 e. The van der Waals surface area contributed by atoms with E-state index in [1.165, 1.54) is 11.8 Å². The molecule has 0 spiro atoms. The van der Waals surface area contributed by atoms with E-state index in [0.717, 1.165) is 33.7 Å². The number of hydrogen-bond acceptors (Lipinski definition) is 6. The molecular weight excluding hydrogens is 446 g/mol. The number of methoxy groups -OCH3 is 1. The minimum absolute atomic E-state index is 0.0965. The van der Waals surface area contributed by atoms with Crippen LogP contribution in [-0.4, -0.2) is 33.1 Å². The number of thioether (sulfide) groups is 1. The van der Waals surface area contributed by atoms with Gasteiger partial charge in [0.25, 0.3) is 0 Å². The maximum atomic E-state index is 13.5. The first-order valence-electron chi connectivity index (χ1n) is 11.0. The Morgan fingerprint density at radius 1 is 1.03 bits per heavy atom. The largest absolute Gasteiger partial charge is 0.497 e. The van der Waals surface area contributed by atoms with E-state index in [0.29, 0.717) is 11.0 Å². The van der Waals surface area contributed by atoms with E-state index in [-0.39, 0.29) is 11.9 Å². The van der Waals surface area contributed by atoms with Gasteiger partial charge in [0.1, 0.15) is 11.0 Å². The fraction of sp³-hybridized carbons (Fsp3) is 0.192. The normalized spacial score (nSPS) is 16.9. The zero-order valence-corrected chi connectivity index (χ0v) is 20.0. The number of hydrogen-bond donors (Lipinski definition) is 2. The fourth-order valence-electron chi connectivity index (χ4n) is 4.05. The predicted octanol–water partition coefficient (Wildman–Crippen LogP) is 4.97. The van der Waals surface area contributed by atoms with Gasteiger partial charge in [0.15, 0.2) is 5.82 Å². The van der Waals surface area contributed by atoms with Crippen LogP contribution in [0.3, 0.4) is 0 Å². The number of carbonyl (C=O) groups is 1. The summed E-state index contributed by atoms with van der Waals surface area (Å²) in [4.78, 5) is 13.5. The molecule has 3 aromatic carbocycles. The van der Waals surface area contributed by atoms with Crippen LogP contribution in [-0.2, 0) is 4.79 Å². The molecular formula is C26H25N5O2S. The van der Waals surface area contributed by atoms with E-state index < -0.39 is 5.25 Å². The molecule has 2 unspecified atom stereocenters. The molecule has 0 saturated carbocycles. The number of carbonyl (C=O) groups excluding carboxylic acids is 1. The molecule has 1 aliphatic heterocycles. The van der Waals surface area contributed by atoms with Crippen molar-refractivity contribution in [2.24, 2.45) is 0 Å². The summed E-state index contributed by atoms with van der Waals surface area (Å²) in [6.45, 7) is 4.04. The number of fused-ring (bicyclic) bond motifs is 1. The molecule has 0 fully saturated rings. The van der Waals surface area contributed by atoms with E-state index in [1.807, 2.05) is 85.3 Å². The summed E-state index contributed by atoms with van der Waals surface area (Å²) in [6.07, 6.45) is 0. The van der Waals surface area contributed by atoms with Crippen LogP contribution in [0.4, 0.5) is 5.69 Å². The van der Waals surface area contributed by atoms with Gasteiger partial charge in [-0.25, -0.2) is 4.68 Å². The summed E-state index contributed by atoms with van der Waals surface area (Å²) in [6, 6.07) is 23.3. The lowest BCUT2D eigenvalue weighted by Crippen LogP contribution is -2.41. The third kappa shape index (κ3) is 4.24. The lowest BCUT2D eigenvalue weighted by molar-refractivity contribution is -0.116. The molecule has 1 aromatic heterocycles. The van der Waals surface area contributed by atoms with Crippen molar-refractivity contribution in [2.45, 2.75) is 30.3 Å². The minimum Gasteiger partial charge on any atom is -0.497 e. The molecule has 0 aliphatic carbocycles. The molecule has 5 rings (SSSR count). The summed E-state index contributed by atoms with van der Waals surface area (Å²) in [7, 11) is 1.64. The number of nitrogens with one attached hydrogen (secondary N) is 2. The quantitative estimate of drug-likeness (QED) is 0.428. The number of anilines is 1. The molecule has 0 bridgehead atoms. The van der Waals surface area contributed by atoms with Crippen LogP contribution in [0.2, 0.25) is 0 Å². The van der Waals surface area contributed by atoms with Gasteiger partial charge in [-0.15, -0.1) is 10.2 Å². The van der Waals surface area contributed by atoms with Crippen molar-refractivity contribution < 1.29 is 9.53 Å². The van der Waals surface area contributed by atoms with Crippen LogP contribution in [0.5, 0.6) is 5.75 Å². The monoisotopic (exact) mass is 471 g/mol. The van der Waals surface area contributed by atoms with Gasteiger partial charge >= 0.3 is 0 Å². The van der Waals surface area contributed by atoms with Crippen LogP contribution in [0.1, 0.15) is 22.7 Å². The highest BCUT2D eigenvalue weighted by atomic mass is 32.2. The molecule has 172 valence electrons. The standard InChI is InChI=1S/C26H25N5O2S/c1-16-9-14-21(17(2)15-16)27-25(32)23-22(18-10-12-20(33-3)13-11-18)30-31-24(28-29-26(31)34-23)19-7-5-4-6-8-19/h4-15,22-23,30H,1-3H3,(H,27,32).